The SMILES string of the molecule is CCOc1ccccc1CN1CCc2c([nH]c3ccccc23)C1. The molecule has 3 aromatic rings. The third-order valence-electron chi connectivity index (χ3n) is 4.63. The average Bonchev–Trinajstić information content (AvgIpc) is 2.94. The van der Waals surface area contributed by atoms with Crippen LogP contribution in [-0.4, -0.2) is 23.0 Å². The number of nitrogens with one attached hydrogen (secondary N) is 1. The number of aromatic nitrogens is 1. The van der Waals surface area contributed by atoms with Crippen LogP contribution >= 0.6 is 0 Å². The minimum atomic E-state index is 0.711. The normalized spacial score (nSPS) is 14.8. The summed E-state index contributed by atoms with van der Waals surface area (Å²) < 4.78 is 5.76. The Hall–Kier alpha value is -2.26. The van der Waals surface area contributed by atoms with E-state index in [0.29, 0.717) is 6.61 Å². The lowest BCUT2D eigenvalue weighted by atomic mass is 10.0. The molecular weight excluding hydrogens is 284 g/mol. The summed E-state index contributed by atoms with van der Waals surface area (Å²) >= 11 is 0. The van der Waals surface area contributed by atoms with Crippen molar-refractivity contribution in [1.82, 2.24) is 9.88 Å². The van der Waals surface area contributed by atoms with Gasteiger partial charge >= 0.3 is 0 Å². The van der Waals surface area contributed by atoms with E-state index in [1.54, 1.807) is 0 Å². The summed E-state index contributed by atoms with van der Waals surface area (Å²) in [6.45, 7) is 5.75. The van der Waals surface area contributed by atoms with Crippen molar-refractivity contribution in [2.45, 2.75) is 26.4 Å². The average molecular weight is 306 g/mol. The smallest absolute Gasteiger partial charge is 0.123 e. The highest BCUT2D eigenvalue weighted by molar-refractivity contribution is 5.84. The molecule has 2 heterocycles. The van der Waals surface area contributed by atoms with Gasteiger partial charge in [-0.05, 0) is 31.0 Å². The summed E-state index contributed by atoms with van der Waals surface area (Å²) in [5.74, 6) is 1.01. The molecule has 0 atom stereocenters. The Labute approximate surface area is 136 Å². The van der Waals surface area contributed by atoms with Crippen LogP contribution in [0.1, 0.15) is 23.7 Å². The van der Waals surface area contributed by atoms with E-state index in [9.17, 15) is 0 Å². The van der Waals surface area contributed by atoms with Crippen molar-refractivity contribution < 1.29 is 4.74 Å². The van der Waals surface area contributed by atoms with Gasteiger partial charge in [0.15, 0.2) is 0 Å². The van der Waals surface area contributed by atoms with E-state index in [0.717, 1.165) is 31.8 Å². The molecule has 2 aromatic carbocycles. The van der Waals surface area contributed by atoms with Crippen LogP contribution in [-0.2, 0) is 19.5 Å². The molecule has 0 bridgehead atoms. The number of hydrogen-bond donors (Lipinski definition) is 1. The highest BCUT2D eigenvalue weighted by Crippen LogP contribution is 2.29. The third-order valence-corrected chi connectivity index (χ3v) is 4.63. The third kappa shape index (κ3) is 2.73. The molecule has 4 rings (SSSR count). The number of para-hydroxylation sites is 2. The van der Waals surface area contributed by atoms with E-state index in [2.05, 4.69) is 52.3 Å². The van der Waals surface area contributed by atoms with E-state index in [4.69, 9.17) is 4.74 Å². The predicted molar refractivity (Wildman–Crippen MR) is 93.7 cm³/mol. The molecule has 0 saturated carbocycles. The Morgan fingerprint density at radius 1 is 1.09 bits per heavy atom. The maximum atomic E-state index is 5.76. The Morgan fingerprint density at radius 3 is 2.83 bits per heavy atom. The molecule has 0 saturated heterocycles. The number of H-pyrrole nitrogens is 1. The molecule has 0 aliphatic carbocycles. The number of nitrogens with zero attached hydrogens (tertiary/aromatic N) is 1. The first kappa shape index (κ1) is 14.3. The highest BCUT2D eigenvalue weighted by Gasteiger charge is 2.21. The second kappa shape index (κ2) is 6.09. The molecule has 1 aromatic heterocycles. The topological polar surface area (TPSA) is 28.3 Å². The van der Waals surface area contributed by atoms with Crippen LogP contribution in [0.5, 0.6) is 5.75 Å². The zero-order chi connectivity index (χ0) is 15.6. The van der Waals surface area contributed by atoms with Crippen molar-refractivity contribution in [1.29, 1.82) is 0 Å². The predicted octanol–water partition coefficient (Wildman–Crippen LogP) is 4.12. The van der Waals surface area contributed by atoms with Gasteiger partial charge in [0.2, 0.25) is 0 Å². The molecule has 3 nitrogen and oxygen atoms in total. The molecule has 0 fully saturated rings. The van der Waals surface area contributed by atoms with Crippen molar-refractivity contribution in [3.63, 3.8) is 0 Å². The monoisotopic (exact) mass is 306 g/mol. The van der Waals surface area contributed by atoms with Crippen LogP contribution in [0.4, 0.5) is 0 Å². The van der Waals surface area contributed by atoms with Crippen molar-refractivity contribution in [2.75, 3.05) is 13.2 Å². The fourth-order valence-electron chi connectivity index (χ4n) is 3.56. The van der Waals surface area contributed by atoms with Crippen molar-refractivity contribution in [3.8, 4) is 5.75 Å². The summed E-state index contributed by atoms with van der Waals surface area (Å²) in [6.07, 6.45) is 1.11. The molecule has 0 unspecified atom stereocenters. The molecule has 118 valence electrons. The van der Waals surface area contributed by atoms with Crippen LogP contribution in [0.25, 0.3) is 10.9 Å². The van der Waals surface area contributed by atoms with Gasteiger partial charge in [-0.3, -0.25) is 4.90 Å². The molecule has 0 radical (unpaired) electrons. The minimum Gasteiger partial charge on any atom is -0.494 e. The molecule has 0 spiro atoms. The van der Waals surface area contributed by atoms with Crippen LogP contribution in [0, 0.1) is 0 Å². The second-order valence-electron chi connectivity index (χ2n) is 6.13. The quantitative estimate of drug-likeness (QED) is 0.785. The summed E-state index contributed by atoms with van der Waals surface area (Å²) in [7, 11) is 0. The first-order valence-electron chi connectivity index (χ1n) is 8.36. The Kier molecular flexibility index (Phi) is 3.80. The van der Waals surface area contributed by atoms with Crippen LogP contribution < -0.4 is 4.74 Å². The Balaban J connectivity index is 1.57. The van der Waals surface area contributed by atoms with Crippen molar-refractivity contribution >= 4 is 10.9 Å². The fraction of sp³-hybridized carbons (Fsp3) is 0.300. The zero-order valence-corrected chi connectivity index (χ0v) is 13.5. The number of ether oxygens (including phenoxy) is 1. The molecule has 1 N–H and O–H groups in total. The summed E-state index contributed by atoms with van der Waals surface area (Å²) in [5.41, 5.74) is 5.39. The molecule has 3 heteroatoms. The fourth-order valence-corrected chi connectivity index (χ4v) is 3.56. The van der Waals surface area contributed by atoms with E-state index >= 15 is 0 Å². The van der Waals surface area contributed by atoms with Gasteiger partial charge in [-0.15, -0.1) is 0 Å². The van der Waals surface area contributed by atoms with E-state index in [1.165, 1.54) is 27.7 Å². The molecule has 0 amide bonds. The van der Waals surface area contributed by atoms with Gasteiger partial charge in [0, 0.05) is 41.8 Å². The Bertz CT molecular complexity index is 821. The first-order chi connectivity index (χ1) is 11.3. The summed E-state index contributed by atoms with van der Waals surface area (Å²) in [6, 6.07) is 17.0. The lowest BCUT2D eigenvalue weighted by molar-refractivity contribution is 0.237. The Morgan fingerprint density at radius 2 is 1.91 bits per heavy atom. The number of hydrogen-bond acceptors (Lipinski definition) is 2. The lowest BCUT2D eigenvalue weighted by Gasteiger charge is -2.27. The lowest BCUT2D eigenvalue weighted by Crippen LogP contribution is -2.30. The number of rotatable bonds is 4. The van der Waals surface area contributed by atoms with Gasteiger partial charge in [-0.1, -0.05) is 36.4 Å². The van der Waals surface area contributed by atoms with E-state index < -0.39 is 0 Å². The zero-order valence-electron chi connectivity index (χ0n) is 13.5. The molecular formula is C20H22N2O. The number of benzene rings is 2. The van der Waals surface area contributed by atoms with Gasteiger partial charge in [0.05, 0.1) is 6.61 Å². The van der Waals surface area contributed by atoms with Gasteiger partial charge in [-0.2, -0.15) is 0 Å². The number of fused-ring (bicyclic) bond motifs is 3. The summed E-state index contributed by atoms with van der Waals surface area (Å²) in [4.78, 5) is 6.09. The van der Waals surface area contributed by atoms with E-state index in [1.807, 2.05) is 13.0 Å². The van der Waals surface area contributed by atoms with Gasteiger partial charge in [0.1, 0.15) is 5.75 Å². The van der Waals surface area contributed by atoms with Crippen molar-refractivity contribution in [3.05, 3.63) is 65.4 Å². The van der Waals surface area contributed by atoms with Crippen LogP contribution in [0.3, 0.4) is 0 Å². The largest absolute Gasteiger partial charge is 0.494 e. The van der Waals surface area contributed by atoms with Gasteiger partial charge < -0.3 is 9.72 Å². The first-order valence-corrected chi connectivity index (χ1v) is 8.36. The van der Waals surface area contributed by atoms with Crippen molar-refractivity contribution in [2.24, 2.45) is 0 Å². The van der Waals surface area contributed by atoms with Gasteiger partial charge in [-0.25, -0.2) is 0 Å². The molecule has 1 aliphatic rings. The minimum absolute atomic E-state index is 0.711. The maximum absolute atomic E-state index is 5.76. The summed E-state index contributed by atoms with van der Waals surface area (Å²) in [5, 5.41) is 1.39. The standard InChI is InChI=1S/C20H22N2O/c1-2-23-20-10-6-3-7-15(20)13-22-12-11-17-16-8-4-5-9-18(16)21-19(17)14-22/h3-10,21H,2,11-14H2,1H3. The molecule has 23 heavy (non-hydrogen) atoms. The van der Waals surface area contributed by atoms with Gasteiger partial charge in [0.25, 0.3) is 0 Å². The van der Waals surface area contributed by atoms with E-state index in [-0.39, 0.29) is 0 Å². The maximum Gasteiger partial charge on any atom is 0.123 e. The van der Waals surface area contributed by atoms with Crippen LogP contribution in [0.2, 0.25) is 0 Å². The number of aromatic amines is 1. The molecule has 1 aliphatic heterocycles. The second-order valence-corrected chi connectivity index (χ2v) is 6.13. The highest BCUT2D eigenvalue weighted by atomic mass is 16.5. The van der Waals surface area contributed by atoms with Crippen LogP contribution in [0.15, 0.2) is 48.5 Å².